The molecule has 0 aliphatic carbocycles. The molecule has 3 aromatic rings. The van der Waals surface area contributed by atoms with E-state index in [2.05, 4.69) is 5.32 Å². The van der Waals surface area contributed by atoms with E-state index in [4.69, 9.17) is 9.84 Å². The highest BCUT2D eigenvalue weighted by atomic mass is 19.1. The summed E-state index contributed by atoms with van der Waals surface area (Å²) in [6.45, 7) is 2.75. The Morgan fingerprint density at radius 2 is 1.81 bits per heavy atom. The zero-order valence-electron chi connectivity index (χ0n) is 14.9. The fraction of sp³-hybridized carbons (Fsp3) is 0.136. The summed E-state index contributed by atoms with van der Waals surface area (Å²) in [7, 11) is 0. The number of para-hydroxylation sites is 1. The first-order valence-corrected chi connectivity index (χ1v) is 8.56. The van der Waals surface area contributed by atoms with Crippen LogP contribution in [0.4, 0.5) is 10.1 Å². The molecule has 0 bridgehead atoms. The van der Waals surface area contributed by atoms with Crippen molar-refractivity contribution < 1.29 is 19.0 Å². The molecule has 0 unspecified atom stereocenters. The molecule has 0 radical (unpaired) electrons. The van der Waals surface area contributed by atoms with Crippen LogP contribution < -0.4 is 10.1 Å². The second kappa shape index (κ2) is 8.36. The number of carbonyl (C=O) groups is 1. The normalized spacial score (nSPS) is 10.4. The van der Waals surface area contributed by atoms with Gasteiger partial charge >= 0.3 is 5.97 Å². The number of aryl methyl sites for hydroxylation is 1. The lowest BCUT2D eigenvalue weighted by Gasteiger charge is -2.14. The number of anilines is 1. The Hall–Kier alpha value is -3.34. The number of carboxylic acid groups (broad SMARTS) is 1. The van der Waals surface area contributed by atoms with Gasteiger partial charge in [0, 0.05) is 17.8 Å². The van der Waals surface area contributed by atoms with Crippen LogP contribution in [-0.2, 0) is 13.2 Å². The Morgan fingerprint density at radius 1 is 1.07 bits per heavy atom. The van der Waals surface area contributed by atoms with E-state index in [-0.39, 0.29) is 11.4 Å². The van der Waals surface area contributed by atoms with Crippen molar-refractivity contribution in [2.24, 2.45) is 0 Å². The third-order valence-corrected chi connectivity index (χ3v) is 4.23. The molecular weight excluding hydrogens is 345 g/mol. The molecule has 0 atom stereocenters. The van der Waals surface area contributed by atoms with E-state index in [1.165, 1.54) is 12.1 Å². The molecule has 0 aliphatic rings. The van der Waals surface area contributed by atoms with Crippen LogP contribution in [0.1, 0.15) is 27.0 Å². The average molecular weight is 365 g/mol. The maximum absolute atomic E-state index is 13.0. The van der Waals surface area contributed by atoms with Gasteiger partial charge in [0.15, 0.2) is 0 Å². The van der Waals surface area contributed by atoms with Crippen molar-refractivity contribution in [2.45, 2.75) is 20.1 Å². The van der Waals surface area contributed by atoms with Crippen LogP contribution in [-0.4, -0.2) is 11.1 Å². The van der Waals surface area contributed by atoms with E-state index in [0.29, 0.717) is 13.2 Å². The maximum Gasteiger partial charge on any atom is 0.335 e. The van der Waals surface area contributed by atoms with E-state index >= 15 is 0 Å². The number of nitrogens with one attached hydrogen (secondary N) is 1. The molecule has 0 aliphatic heterocycles. The third-order valence-electron chi connectivity index (χ3n) is 4.23. The topological polar surface area (TPSA) is 58.6 Å². The second-order valence-electron chi connectivity index (χ2n) is 6.21. The molecule has 0 aromatic heterocycles. The van der Waals surface area contributed by atoms with Crippen LogP contribution in [0.2, 0.25) is 0 Å². The number of rotatable bonds is 7. The number of aromatic carboxylic acids is 1. The van der Waals surface area contributed by atoms with Crippen molar-refractivity contribution in [3.63, 3.8) is 0 Å². The predicted octanol–water partition coefficient (Wildman–Crippen LogP) is 5.02. The summed E-state index contributed by atoms with van der Waals surface area (Å²) < 4.78 is 18.9. The largest absolute Gasteiger partial charge is 0.489 e. The quantitative estimate of drug-likeness (QED) is 0.617. The van der Waals surface area contributed by atoms with Gasteiger partial charge in [-0.25, -0.2) is 9.18 Å². The van der Waals surface area contributed by atoms with Gasteiger partial charge in [0.1, 0.15) is 18.2 Å². The summed E-state index contributed by atoms with van der Waals surface area (Å²) in [6, 6.07) is 18.8. The van der Waals surface area contributed by atoms with Gasteiger partial charge in [-0.2, -0.15) is 0 Å². The van der Waals surface area contributed by atoms with Gasteiger partial charge < -0.3 is 15.2 Å². The Morgan fingerprint density at radius 3 is 2.56 bits per heavy atom. The van der Waals surface area contributed by atoms with E-state index in [9.17, 15) is 9.18 Å². The molecule has 0 amide bonds. The van der Waals surface area contributed by atoms with Crippen LogP contribution in [0, 0.1) is 12.7 Å². The Bertz CT molecular complexity index is 939. The Balaban J connectivity index is 1.70. The first kappa shape index (κ1) is 18.5. The molecule has 0 fully saturated rings. The van der Waals surface area contributed by atoms with E-state index < -0.39 is 5.97 Å². The highest BCUT2D eigenvalue weighted by Crippen LogP contribution is 2.23. The van der Waals surface area contributed by atoms with Gasteiger partial charge in [-0.3, -0.25) is 0 Å². The van der Waals surface area contributed by atoms with E-state index in [1.807, 2.05) is 31.2 Å². The minimum atomic E-state index is -0.957. The van der Waals surface area contributed by atoms with Crippen LogP contribution >= 0.6 is 0 Å². The third kappa shape index (κ3) is 4.85. The minimum Gasteiger partial charge on any atom is -0.489 e. The Labute approximate surface area is 157 Å². The lowest BCUT2D eigenvalue weighted by molar-refractivity contribution is 0.0697. The van der Waals surface area contributed by atoms with Crippen LogP contribution in [0.25, 0.3) is 0 Å². The van der Waals surface area contributed by atoms with Crippen LogP contribution in [0.3, 0.4) is 0 Å². The second-order valence-corrected chi connectivity index (χ2v) is 6.21. The molecule has 3 aromatic carbocycles. The first-order valence-electron chi connectivity index (χ1n) is 8.56. The van der Waals surface area contributed by atoms with Crippen LogP contribution in [0.5, 0.6) is 5.75 Å². The number of hydrogen-bond donors (Lipinski definition) is 2. The number of halogens is 1. The zero-order valence-corrected chi connectivity index (χ0v) is 14.9. The molecule has 3 rings (SSSR count). The van der Waals surface area contributed by atoms with Crippen LogP contribution in [0.15, 0.2) is 66.7 Å². The van der Waals surface area contributed by atoms with E-state index in [1.54, 1.807) is 30.3 Å². The number of carboxylic acids is 1. The van der Waals surface area contributed by atoms with Crippen molar-refractivity contribution in [3.05, 3.63) is 94.8 Å². The lowest BCUT2D eigenvalue weighted by atomic mass is 10.1. The van der Waals surface area contributed by atoms with Gasteiger partial charge in [-0.05, 0) is 48.4 Å². The fourth-order valence-corrected chi connectivity index (χ4v) is 2.67. The standard InChI is InChI=1S/C22H20FNO3/c1-15-6-9-17(22(25)26)12-20(15)24-13-18-4-2-3-5-21(18)27-14-16-7-10-19(23)11-8-16/h2-12,24H,13-14H2,1H3,(H,25,26). The monoisotopic (exact) mass is 365 g/mol. The average Bonchev–Trinajstić information content (AvgIpc) is 2.67. The zero-order chi connectivity index (χ0) is 19.2. The van der Waals surface area contributed by atoms with Crippen molar-refractivity contribution in [2.75, 3.05) is 5.32 Å². The van der Waals surface area contributed by atoms with Gasteiger partial charge in [-0.15, -0.1) is 0 Å². The molecule has 4 nitrogen and oxygen atoms in total. The summed E-state index contributed by atoms with van der Waals surface area (Å²) in [6.07, 6.45) is 0. The van der Waals surface area contributed by atoms with Gasteiger partial charge in [-0.1, -0.05) is 36.4 Å². The SMILES string of the molecule is Cc1ccc(C(=O)O)cc1NCc1ccccc1OCc1ccc(F)cc1. The first-order chi connectivity index (χ1) is 13.0. The summed E-state index contributed by atoms with van der Waals surface area (Å²) in [4.78, 5) is 11.2. The highest BCUT2D eigenvalue weighted by Gasteiger charge is 2.08. The minimum absolute atomic E-state index is 0.240. The van der Waals surface area contributed by atoms with Gasteiger partial charge in [0.05, 0.1) is 5.56 Å². The van der Waals surface area contributed by atoms with Crippen molar-refractivity contribution >= 4 is 11.7 Å². The number of ether oxygens (including phenoxy) is 1. The molecule has 0 saturated carbocycles. The summed E-state index contributed by atoms with van der Waals surface area (Å²) in [5.41, 5.74) is 3.79. The van der Waals surface area contributed by atoms with Gasteiger partial charge in [0.25, 0.3) is 0 Å². The van der Waals surface area contributed by atoms with Crippen molar-refractivity contribution in [1.82, 2.24) is 0 Å². The molecule has 5 heteroatoms. The van der Waals surface area contributed by atoms with Crippen molar-refractivity contribution in [1.29, 1.82) is 0 Å². The summed E-state index contributed by atoms with van der Waals surface area (Å²) in [5, 5.41) is 12.4. The summed E-state index contributed by atoms with van der Waals surface area (Å²) in [5.74, 6) is -0.509. The molecule has 2 N–H and O–H groups in total. The maximum atomic E-state index is 13.0. The number of benzene rings is 3. The summed E-state index contributed by atoms with van der Waals surface area (Å²) >= 11 is 0. The smallest absolute Gasteiger partial charge is 0.335 e. The lowest BCUT2D eigenvalue weighted by Crippen LogP contribution is -2.06. The molecule has 0 spiro atoms. The predicted molar refractivity (Wildman–Crippen MR) is 103 cm³/mol. The molecule has 27 heavy (non-hydrogen) atoms. The molecule has 0 saturated heterocycles. The highest BCUT2D eigenvalue weighted by molar-refractivity contribution is 5.89. The molecular formula is C22H20FNO3. The van der Waals surface area contributed by atoms with E-state index in [0.717, 1.165) is 28.1 Å². The molecule has 0 heterocycles. The Kier molecular flexibility index (Phi) is 5.71. The van der Waals surface area contributed by atoms with Gasteiger partial charge in [0.2, 0.25) is 0 Å². The number of hydrogen-bond acceptors (Lipinski definition) is 3. The molecule has 138 valence electrons. The van der Waals surface area contributed by atoms with Crippen molar-refractivity contribution in [3.8, 4) is 5.75 Å². The fourth-order valence-electron chi connectivity index (χ4n) is 2.67.